The van der Waals surface area contributed by atoms with Crippen molar-refractivity contribution in [1.82, 2.24) is 15.5 Å². The summed E-state index contributed by atoms with van der Waals surface area (Å²) in [5.41, 5.74) is -0.616. The number of hydrogen-bond donors (Lipinski definition) is 2. The zero-order chi connectivity index (χ0) is 14.3. The molecule has 0 aromatic rings. The summed E-state index contributed by atoms with van der Waals surface area (Å²) >= 11 is 0. The first-order chi connectivity index (χ1) is 8.72. The fourth-order valence-corrected chi connectivity index (χ4v) is 2.68. The van der Waals surface area contributed by atoms with Crippen LogP contribution in [0.15, 0.2) is 4.99 Å². The van der Waals surface area contributed by atoms with Gasteiger partial charge in [-0.25, -0.2) is 4.99 Å². The first-order valence-corrected chi connectivity index (χ1v) is 7.15. The predicted octanol–water partition coefficient (Wildman–Crippen LogP) is 1.10. The van der Waals surface area contributed by atoms with Crippen molar-refractivity contribution in [2.75, 3.05) is 13.1 Å². The lowest BCUT2D eigenvalue weighted by atomic mass is 9.87. The lowest BCUT2D eigenvalue weighted by Crippen LogP contribution is -2.51. The third-order valence-corrected chi connectivity index (χ3v) is 3.83. The van der Waals surface area contributed by atoms with Gasteiger partial charge in [-0.1, -0.05) is 0 Å². The van der Waals surface area contributed by atoms with Crippen LogP contribution in [-0.2, 0) is 4.79 Å². The van der Waals surface area contributed by atoms with Gasteiger partial charge in [-0.05, 0) is 47.5 Å². The molecular formula is C14H26N4O. The number of amides is 1. The monoisotopic (exact) mass is 266 g/mol. The summed E-state index contributed by atoms with van der Waals surface area (Å²) in [7, 11) is 0. The van der Waals surface area contributed by atoms with E-state index in [1.165, 1.54) is 0 Å². The van der Waals surface area contributed by atoms with Gasteiger partial charge in [0.2, 0.25) is 0 Å². The smallest absolute Gasteiger partial charge is 0.254 e. The minimum atomic E-state index is -0.529. The van der Waals surface area contributed by atoms with Crippen LogP contribution in [0.2, 0.25) is 0 Å². The maximum absolute atomic E-state index is 12.2. The Morgan fingerprint density at radius 3 is 2.37 bits per heavy atom. The molecule has 0 radical (unpaired) electrons. The molecule has 1 spiro atoms. The van der Waals surface area contributed by atoms with Crippen LogP contribution in [0.25, 0.3) is 0 Å². The number of guanidine groups is 1. The topological polar surface area (TPSA) is 56.7 Å². The number of carbonyl (C=O) groups is 1. The van der Waals surface area contributed by atoms with Crippen LogP contribution in [0.4, 0.5) is 0 Å². The normalized spacial score (nSPS) is 23.7. The number of likely N-dealkylation sites (tertiary alicyclic amines) is 1. The van der Waals surface area contributed by atoms with Crippen molar-refractivity contribution in [2.24, 2.45) is 4.99 Å². The molecule has 5 heteroatoms. The highest BCUT2D eigenvalue weighted by Gasteiger charge is 2.46. The molecule has 1 saturated heterocycles. The van der Waals surface area contributed by atoms with Gasteiger partial charge < -0.3 is 10.2 Å². The number of piperidine rings is 1. The van der Waals surface area contributed by atoms with Crippen LogP contribution in [-0.4, -0.2) is 47.0 Å². The minimum Gasteiger partial charge on any atom is -0.351 e. The van der Waals surface area contributed by atoms with E-state index in [9.17, 15) is 4.79 Å². The summed E-state index contributed by atoms with van der Waals surface area (Å²) in [6.07, 6.45) is 1.62. The van der Waals surface area contributed by atoms with Gasteiger partial charge in [-0.15, -0.1) is 0 Å². The molecule has 0 bridgehead atoms. The summed E-state index contributed by atoms with van der Waals surface area (Å²) in [6, 6.07) is 0.540. The van der Waals surface area contributed by atoms with E-state index in [-0.39, 0.29) is 11.4 Å². The molecule has 0 aliphatic carbocycles. The van der Waals surface area contributed by atoms with Crippen LogP contribution < -0.4 is 10.6 Å². The van der Waals surface area contributed by atoms with Crippen molar-refractivity contribution < 1.29 is 4.79 Å². The largest absolute Gasteiger partial charge is 0.351 e. The quantitative estimate of drug-likeness (QED) is 0.747. The molecule has 0 aromatic carbocycles. The van der Waals surface area contributed by atoms with Crippen LogP contribution >= 0.6 is 0 Å². The van der Waals surface area contributed by atoms with Gasteiger partial charge in [-0.2, -0.15) is 0 Å². The summed E-state index contributed by atoms with van der Waals surface area (Å²) in [5, 5.41) is 6.15. The molecule has 2 aliphatic rings. The molecule has 0 atom stereocenters. The number of rotatable bonds is 1. The zero-order valence-electron chi connectivity index (χ0n) is 12.7. The third kappa shape index (κ3) is 3.08. The molecule has 0 saturated carbocycles. The summed E-state index contributed by atoms with van der Waals surface area (Å²) in [6.45, 7) is 12.5. The van der Waals surface area contributed by atoms with E-state index < -0.39 is 5.54 Å². The van der Waals surface area contributed by atoms with Crippen LogP contribution in [0.3, 0.4) is 0 Å². The molecule has 2 rings (SSSR count). The lowest BCUT2D eigenvalue weighted by molar-refractivity contribution is -0.125. The predicted molar refractivity (Wildman–Crippen MR) is 77.1 cm³/mol. The zero-order valence-corrected chi connectivity index (χ0v) is 12.7. The molecule has 2 heterocycles. The summed E-state index contributed by atoms with van der Waals surface area (Å²) in [5.74, 6) is 0.693. The maximum atomic E-state index is 12.2. The van der Waals surface area contributed by atoms with Gasteiger partial charge in [0.25, 0.3) is 5.91 Å². The highest BCUT2D eigenvalue weighted by molar-refractivity contribution is 6.07. The Kier molecular flexibility index (Phi) is 3.60. The third-order valence-electron chi connectivity index (χ3n) is 3.83. The van der Waals surface area contributed by atoms with Crippen molar-refractivity contribution >= 4 is 11.9 Å². The molecule has 2 aliphatic heterocycles. The Morgan fingerprint density at radius 2 is 1.89 bits per heavy atom. The Morgan fingerprint density at radius 1 is 1.32 bits per heavy atom. The van der Waals surface area contributed by atoms with E-state index >= 15 is 0 Å². The average molecular weight is 266 g/mol. The van der Waals surface area contributed by atoms with Gasteiger partial charge in [0.05, 0.1) is 0 Å². The Labute approximate surface area is 115 Å². The molecule has 1 fully saturated rings. The molecule has 1 amide bonds. The van der Waals surface area contributed by atoms with Gasteiger partial charge in [-0.3, -0.25) is 10.1 Å². The van der Waals surface area contributed by atoms with Gasteiger partial charge >= 0.3 is 0 Å². The van der Waals surface area contributed by atoms with Crippen LogP contribution in [0.5, 0.6) is 0 Å². The van der Waals surface area contributed by atoms with Gasteiger partial charge in [0.15, 0.2) is 5.96 Å². The summed E-state index contributed by atoms with van der Waals surface area (Å²) < 4.78 is 0. The minimum absolute atomic E-state index is 0.0580. The summed E-state index contributed by atoms with van der Waals surface area (Å²) in [4.78, 5) is 19.3. The number of nitrogens with one attached hydrogen (secondary N) is 2. The molecular weight excluding hydrogens is 240 g/mol. The Bertz CT molecular complexity index is 387. The number of carbonyl (C=O) groups excluding carboxylic acids is 1. The lowest BCUT2D eigenvalue weighted by Gasteiger charge is -2.37. The van der Waals surface area contributed by atoms with Gasteiger partial charge in [0.1, 0.15) is 5.54 Å². The van der Waals surface area contributed by atoms with E-state index in [0.717, 1.165) is 25.9 Å². The fraction of sp³-hybridized carbons (Fsp3) is 0.857. The first kappa shape index (κ1) is 14.3. The molecule has 0 aromatic heterocycles. The van der Waals surface area contributed by atoms with E-state index in [1.807, 2.05) is 0 Å². The molecule has 108 valence electrons. The average Bonchev–Trinajstić information content (AvgIpc) is 2.53. The van der Waals surface area contributed by atoms with Gasteiger partial charge in [0, 0.05) is 24.7 Å². The molecule has 2 N–H and O–H groups in total. The SMILES string of the molecule is CC(C)N1CCC2(CC1)N=C(NC(C)(C)C)NC2=O. The van der Waals surface area contributed by atoms with Crippen molar-refractivity contribution in [3.05, 3.63) is 0 Å². The molecule has 0 unspecified atom stereocenters. The highest BCUT2D eigenvalue weighted by atomic mass is 16.2. The number of aliphatic imine (C=N–C) groups is 1. The van der Waals surface area contributed by atoms with E-state index in [4.69, 9.17) is 0 Å². The Balaban J connectivity index is 2.06. The number of nitrogens with zero attached hydrogens (tertiary/aromatic N) is 2. The van der Waals surface area contributed by atoms with E-state index in [0.29, 0.717) is 12.0 Å². The molecule has 19 heavy (non-hydrogen) atoms. The van der Waals surface area contributed by atoms with Crippen molar-refractivity contribution in [2.45, 2.75) is 64.6 Å². The van der Waals surface area contributed by atoms with Crippen molar-refractivity contribution in [1.29, 1.82) is 0 Å². The van der Waals surface area contributed by atoms with Crippen molar-refractivity contribution in [3.63, 3.8) is 0 Å². The second-order valence-electron chi connectivity index (χ2n) is 6.95. The second-order valence-corrected chi connectivity index (χ2v) is 6.95. The fourth-order valence-electron chi connectivity index (χ4n) is 2.68. The Hall–Kier alpha value is -1.10. The molecule has 5 nitrogen and oxygen atoms in total. The maximum Gasteiger partial charge on any atom is 0.254 e. The van der Waals surface area contributed by atoms with Crippen LogP contribution in [0.1, 0.15) is 47.5 Å². The van der Waals surface area contributed by atoms with Crippen LogP contribution in [0, 0.1) is 0 Å². The standard InChI is InChI=1S/C14H26N4O/c1-10(2)18-8-6-14(7-9-18)11(19)15-12(17-14)16-13(3,4)5/h10H,6-9H2,1-5H3,(H2,15,16,17,19). The number of hydrogen-bond acceptors (Lipinski definition) is 4. The van der Waals surface area contributed by atoms with E-state index in [2.05, 4.69) is 55.1 Å². The second kappa shape index (κ2) is 4.78. The highest BCUT2D eigenvalue weighted by Crippen LogP contribution is 2.30. The first-order valence-electron chi connectivity index (χ1n) is 7.15. The van der Waals surface area contributed by atoms with Crippen molar-refractivity contribution in [3.8, 4) is 0 Å². The van der Waals surface area contributed by atoms with E-state index in [1.54, 1.807) is 0 Å².